The van der Waals surface area contributed by atoms with Crippen molar-refractivity contribution in [2.75, 3.05) is 16.4 Å². The van der Waals surface area contributed by atoms with Gasteiger partial charge >= 0.3 is 0 Å². The third-order valence-corrected chi connectivity index (χ3v) is 8.36. The van der Waals surface area contributed by atoms with E-state index >= 15 is 0 Å². The number of carbonyl (C=O) groups excluding carboxylic acids is 3. The number of nitrogens with one attached hydrogen (secondary N) is 3. The van der Waals surface area contributed by atoms with Gasteiger partial charge in [0.2, 0.25) is 5.91 Å². The SMILES string of the molecule is Cc1ccc2nc(NC(=O)CSc3cccc(NC(=O)/C(=C/c4cccs4)NC(=O)c4ccccc4)c3)sc2c1. The number of hydrogen-bond acceptors (Lipinski definition) is 7. The van der Waals surface area contributed by atoms with Crippen molar-refractivity contribution >= 4 is 79.3 Å². The number of rotatable bonds is 9. The molecule has 3 aromatic carbocycles. The lowest BCUT2D eigenvalue weighted by Gasteiger charge is -2.12. The van der Waals surface area contributed by atoms with Crippen molar-refractivity contribution in [2.24, 2.45) is 0 Å². The topological polar surface area (TPSA) is 100 Å². The number of anilines is 2. The number of aryl methyl sites for hydroxylation is 1. The van der Waals surface area contributed by atoms with E-state index in [1.165, 1.54) is 34.4 Å². The van der Waals surface area contributed by atoms with Crippen LogP contribution in [-0.4, -0.2) is 28.5 Å². The third-order valence-electron chi connectivity index (χ3n) is 5.61. The summed E-state index contributed by atoms with van der Waals surface area (Å²) in [5, 5.41) is 10.9. The van der Waals surface area contributed by atoms with Crippen molar-refractivity contribution in [1.82, 2.24) is 10.3 Å². The number of hydrogen-bond donors (Lipinski definition) is 3. The number of carbonyl (C=O) groups is 3. The van der Waals surface area contributed by atoms with Gasteiger partial charge in [0, 0.05) is 21.0 Å². The van der Waals surface area contributed by atoms with Crippen molar-refractivity contribution in [3.8, 4) is 0 Å². The number of aromatic nitrogens is 1. The summed E-state index contributed by atoms with van der Waals surface area (Å²) < 4.78 is 1.03. The number of thiazole rings is 1. The fourth-order valence-electron chi connectivity index (χ4n) is 3.71. The molecule has 0 spiro atoms. The molecule has 0 aliphatic carbocycles. The maximum absolute atomic E-state index is 13.2. The summed E-state index contributed by atoms with van der Waals surface area (Å²) in [6, 6.07) is 25.7. The Balaban J connectivity index is 1.22. The van der Waals surface area contributed by atoms with Gasteiger partial charge in [0.15, 0.2) is 5.13 Å². The Hall–Kier alpha value is -4.25. The first-order valence-electron chi connectivity index (χ1n) is 12.3. The van der Waals surface area contributed by atoms with E-state index in [1.54, 1.807) is 48.5 Å². The lowest BCUT2D eigenvalue weighted by Crippen LogP contribution is -2.30. The fourth-order valence-corrected chi connectivity index (χ4v) is 6.10. The Morgan fingerprint density at radius 1 is 0.925 bits per heavy atom. The van der Waals surface area contributed by atoms with Crippen molar-refractivity contribution < 1.29 is 14.4 Å². The molecule has 3 N–H and O–H groups in total. The first-order chi connectivity index (χ1) is 19.4. The van der Waals surface area contributed by atoms with E-state index in [2.05, 4.69) is 20.9 Å². The number of benzene rings is 3. The summed E-state index contributed by atoms with van der Waals surface area (Å²) in [5.41, 5.74) is 3.12. The average molecular weight is 585 g/mol. The summed E-state index contributed by atoms with van der Waals surface area (Å²) in [6.07, 6.45) is 1.65. The second-order valence-corrected chi connectivity index (χ2v) is 11.8. The molecule has 200 valence electrons. The van der Waals surface area contributed by atoms with E-state index in [1.807, 2.05) is 54.8 Å². The molecular formula is C30H24N4O3S3. The van der Waals surface area contributed by atoms with Gasteiger partial charge in [-0.3, -0.25) is 14.4 Å². The molecule has 2 aromatic heterocycles. The molecule has 7 nitrogen and oxygen atoms in total. The van der Waals surface area contributed by atoms with Gasteiger partial charge < -0.3 is 16.0 Å². The normalized spacial score (nSPS) is 11.3. The number of amides is 3. The maximum atomic E-state index is 13.2. The number of thioether (sulfide) groups is 1. The highest BCUT2D eigenvalue weighted by molar-refractivity contribution is 8.00. The molecule has 10 heteroatoms. The summed E-state index contributed by atoms with van der Waals surface area (Å²) in [7, 11) is 0. The molecule has 0 aliphatic heterocycles. The van der Waals surface area contributed by atoms with Crippen LogP contribution in [0.15, 0.2) is 101 Å². The Morgan fingerprint density at radius 3 is 2.58 bits per heavy atom. The number of fused-ring (bicyclic) bond motifs is 1. The smallest absolute Gasteiger partial charge is 0.272 e. The lowest BCUT2D eigenvalue weighted by atomic mass is 10.2. The first-order valence-corrected chi connectivity index (χ1v) is 14.9. The molecule has 0 radical (unpaired) electrons. The van der Waals surface area contributed by atoms with Crippen LogP contribution in [0.1, 0.15) is 20.8 Å². The van der Waals surface area contributed by atoms with E-state index in [-0.39, 0.29) is 23.3 Å². The van der Waals surface area contributed by atoms with Gasteiger partial charge in [-0.15, -0.1) is 23.1 Å². The predicted octanol–water partition coefficient (Wildman–Crippen LogP) is 6.81. The van der Waals surface area contributed by atoms with Gasteiger partial charge in [-0.05, 0) is 72.5 Å². The molecule has 5 rings (SSSR count). The molecular weight excluding hydrogens is 561 g/mol. The molecule has 40 heavy (non-hydrogen) atoms. The zero-order chi connectivity index (χ0) is 27.9. The van der Waals surface area contributed by atoms with E-state index in [9.17, 15) is 14.4 Å². The van der Waals surface area contributed by atoms with E-state index in [0.29, 0.717) is 16.4 Å². The lowest BCUT2D eigenvalue weighted by molar-refractivity contribution is -0.114. The Kier molecular flexibility index (Phi) is 8.70. The highest BCUT2D eigenvalue weighted by atomic mass is 32.2. The minimum Gasteiger partial charge on any atom is -0.321 e. The van der Waals surface area contributed by atoms with Crippen LogP contribution < -0.4 is 16.0 Å². The van der Waals surface area contributed by atoms with Gasteiger partial charge in [-0.25, -0.2) is 4.98 Å². The summed E-state index contributed by atoms with van der Waals surface area (Å²) in [5.74, 6) is -0.816. The highest BCUT2D eigenvalue weighted by Crippen LogP contribution is 2.27. The van der Waals surface area contributed by atoms with Crippen molar-refractivity contribution in [3.05, 3.63) is 112 Å². The molecule has 2 heterocycles. The summed E-state index contributed by atoms with van der Waals surface area (Å²) in [6.45, 7) is 2.02. The molecule has 0 bridgehead atoms. The molecule has 3 amide bonds. The molecule has 5 aromatic rings. The van der Waals surface area contributed by atoms with Crippen LogP contribution in [0.25, 0.3) is 16.3 Å². The summed E-state index contributed by atoms with van der Waals surface area (Å²) in [4.78, 5) is 44.7. The molecule has 0 saturated heterocycles. The number of nitrogens with zero attached hydrogens (tertiary/aromatic N) is 1. The monoisotopic (exact) mass is 584 g/mol. The molecule has 0 aliphatic rings. The Morgan fingerprint density at radius 2 is 1.77 bits per heavy atom. The highest BCUT2D eigenvalue weighted by Gasteiger charge is 2.16. The Labute approximate surface area is 243 Å². The van der Waals surface area contributed by atoms with Gasteiger partial charge in [-0.2, -0.15) is 0 Å². The second kappa shape index (κ2) is 12.7. The quantitative estimate of drug-likeness (QED) is 0.131. The van der Waals surface area contributed by atoms with Gasteiger partial charge in [0.05, 0.1) is 16.0 Å². The van der Waals surface area contributed by atoms with Gasteiger partial charge in [0.1, 0.15) is 5.70 Å². The molecule has 0 unspecified atom stereocenters. The van der Waals surface area contributed by atoms with Crippen LogP contribution in [0.4, 0.5) is 10.8 Å². The predicted molar refractivity (Wildman–Crippen MR) is 165 cm³/mol. The van der Waals surface area contributed by atoms with Crippen LogP contribution in [-0.2, 0) is 9.59 Å². The van der Waals surface area contributed by atoms with Crippen LogP contribution in [0.5, 0.6) is 0 Å². The minimum atomic E-state index is -0.455. The standard InChI is InChI=1S/C30H24N4O3S3/c1-19-12-13-24-26(15-19)40-30(33-24)34-27(35)18-39-22-10-5-9-21(16-22)31-29(37)25(17-23-11-6-14-38-23)32-28(36)20-7-3-2-4-8-20/h2-17H,18H2,1H3,(H,31,37)(H,32,36)(H,33,34,35)/b25-17-. The zero-order valence-corrected chi connectivity index (χ0v) is 23.8. The molecule has 0 atom stereocenters. The van der Waals surface area contributed by atoms with Crippen LogP contribution >= 0.6 is 34.4 Å². The van der Waals surface area contributed by atoms with Crippen LogP contribution in [0.3, 0.4) is 0 Å². The van der Waals surface area contributed by atoms with Crippen LogP contribution in [0, 0.1) is 6.92 Å². The minimum absolute atomic E-state index is 0.125. The maximum Gasteiger partial charge on any atom is 0.272 e. The average Bonchev–Trinajstić information content (AvgIpc) is 3.61. The van der Waals surface area contributed by atoms with E-state index < -0.39 is 5.91 Å². The summed E-state index contributed by atoms with van der Waals surface area (Å²) >= 11 is 4.25. The Bertz CT molecular complexity index is 1700. The third kappa shape index (κ3) is 7.23. The van der Waals surface area contributed by atoms with E-state index in [0.717, 1.165) is 25.6 Å². The second-order valence-electron chi connectivity index (χ2n) is 8.70. The van der Waals surface area contributed by atoms with Crippen molar-refractivity contribution in [2.45, 2.75) is 11.8 Å². The van der Waals surface area contributed by atoms with Crippen LogP contribution in [0.2, 0.25) is 0 Å². The molecule has 0 saturated carbocycles. The number of thiophene rings is 1. The van der Waals surface area contributed by atoms with Crippen molar-refractivity contribution in [1.29, 1.82) is 0 Å². The largest absolute Gasteiger partial charge is 0.321 e. The first kappa shape index (κ1) is 27.3. The van der Waals surface area contributed by atoms with Gasteiger partial charge in [0.25, 0.3) is 11.8 Å². The molecule has 0 fully saturated rings. The zero-order valence-electron chi connectivity index (χ0n) is 21.3. The van der Waals surface area contributed by atoms with E-state index in [4.69, 9.17) is 0 Å². The van der Waals surface area contributed by atoms with Gasteiger partial charge in [-0.1, -0.05) is 47.7 Å². The van der Waals surface area contributed by atoms with Crippen molar-refractivity contribution in [3.63, 3.8) is 0 Å². The fraction of sp³-hybridized carbons (Fsp3) is 0.0667.